The molecule has 0 amide bonds. The predicted molar refractivity (Wildman–Crippen MR) is 94.3 cm³/mol. The van der Waals surface area contributed by atoms with E-state index in [1.807, 2.05) is 62.4 Å². The number of hydrogen-bond acceptors (Lipinski definition) is 2. The fourth-order valence-electron chi connectivity index (χ4n) is 2.96. The highest BCUT2D eigenvalue weighted by Gasteiger charge is 2.23. The van der Waals surface area contributed by atoms with E-state index < -0.39 is 0 Å². The van der Waals surface area contributed by atoms with Crippen molar-refractivity contribution in [2.75, 3.05) is 7.11 Å². The molecule has 3 aromatic rings. The van der Waals surface area contributed by atoms with Crippen molar-refractivity contribution >= 4 is 16.3 Å². The summed E-state index contributed by atoms with van der Waals surface area (Å²) in [6.45, 7) is 7.71. The van der Waals surface area contributed by atoms with Gasteiger partial charge in [0.05, 0.1) is 18.1 Å². The lowest BCUT2D eigenvalue weighted by atomic mass is 9.93. The van der Waals surface area contributed by atoms with Gasteiger partial charge in [0.1, 0.15) is 5.75 Å². The Labute approximate surface area is 136 Å². The van der Waals surface area contributed by atoms with Crippen LogP contribution in [0.25, 0.3) is 27.5 Å². The highest BCUT2D eigenvalue weighted by atomic mass is 16.5. The molecule has 0 N–H and O–H groups in total. The zero-order chi connectivity index (χ0) is 16.6. The standard InChI is InChI=1S/C20H19NO2/c1-13(2)20-19(15-8-6-5-7-9-15)18-12-16(23-4)10-11-17(18)14(3)21(20)22/h5-12H,1H2,2-4H3. The quantitative estimate of drug-likeness (QED) is 0.528. The molecule has 23 heavy (non-hydrogen) atoms. The molecular formula is C20H19NO2. The Kier molecular flexibility index (Phi) is 3.78. The summed E-state index contributed by atoms with van der Waals surface area (Å²) in [5.41, 5.74) is 3.91. The largest absolute Gasteiger partial charge is 0.618 e. The molecule has 0 bridgehead atoms. The number of ether oxygens (including phenoxy) is 1. The fourth-order valence-corrected chi connectivity index (χ4v) is 2.96. The van der Waals surface area contributed by atoms with Crippen LogP contribution in [0.5, 0.6) is 5.75 Å². The van der Waals surface area contributed by atoms with Crippen LogP contribution >= 0.6 is 0 Å². The number of nitrogens with zero attached hydrogens (tertiary/aromatic N) is 1. The highest BCUT2D eigenvalue weighted by Crippen LogP contribution is 2.36. The molecule has 1 aromatic heterocycles. The Morgan fingerprint density at radius 3 is 2.39 bits per heavy atom. The van der Waals surface area contributed by atoms with E-state index in [-0.39, 0.29) is 0 Å². The topological polar surface area (TPSA) is 36.2 Å². The van der Waals surface area contributed by atoms with E-state index in [0.29, 0.717) is 11.4 Å². The second-order valence-electron chi connectivity index (χ2n) is 5.66. The summed E-state index contributed by atoms with van der Waals surface area (Å²) < 4.78 is 6.36. The Balaban J connectivity index is 2.53. The number of methoxy groups -OCH3 is 1. The lowest BCUT2D eigenvalue weighted by molar-refractivity contribution is -0.612. The average Bonchev–Trinajstić information content (AvgIpc) is 2.57. The van der Waals surface area contributed by atoms with E-state index in [4.69, 9.17) is 4.74 Å². The van der Waals surface area contributed by atoms with Crippen molar-refractivity contribution < 1.29 is 9.47 Å². The monoisotopic (exact) mass is 305 g/mol. The molecule has 0 atom stereocenters. The van der Waals surface area contributed by atoms with Crippen LogP contribution in [-0.2, 0) is 0 Å². The third kappa shape index (κ3) is 2.44. The normalized spacial score (nSPS) is 10.7. The Morgan fingerprint density at radius 2 is 1.78 bits per heavy atom. The SMILES string of the molecule is C=C(C)c1c(-c2ccccc2)c2cc(OC)ccc2c(C)[n+]1[O-]. The molecule has 0 aliphatic carbocycles. The van der Waals surface area contributed by atoms with Crippen LogP contribution in [0.2, 0.25) is 0 Å². The van der Waals surface area contributed by atoms with Gasteiger partial charge < -0.3 is 9.94 Å². The van der Waals surface area contributed by atoms with Crippen molar-refractivity contribution in [1.82, 2.24) is 0 Å². The number of hydrogen-bond donors (Lipinski definition) is 0. The van der Waals surface area contributed by atoms with Gasteiger partial charge in [-0.3, -0.25) is 0 Å². The molecule has 0 fully saturated rings. The summed E-state index contributed by atoms with van der Waals surface area (Å²) in [6.07, 6.45) is 0. The van der Waals surface area contributed by atoms with Gasteiger partial charge in [-0.15, -0.1) is 0 Å². The van der Waals surface area contributed by atoms with Gasteiger partial charge in [-0.05, 0) is 30.7 Å². The van der Waals surface area contributed by atoms with Crippen LogP contribution < -0.4 is 9.47 Å². The van der Waals surface area contributed by atoms with Crippen LogP contribution in [0, 0.1) is 12.1 Å². The molecule has 3 heteroatoms. The van der Waals surface area contributed by atoms with Crippen molar-refractivity contribution in [2.24, 2.45) is 0 Å². The van der Waals surface area contributed by atoms with Crippen molar-refractivity contribution in [1.29, 1.82) is 0 Å². The highest BCUT2D eigenvalue weighted by molar-refractivity contribution is 6.01. The molecule has 0 aliphatic heterocycles. The van der Waals surface area contributed by atoms with Crippen LogP contribution in [-0.4, -0.2) is 7.11 Å². The molecule has 0 saturated carbocycles. The third-order valence-corrected chi connectivity index (χ3v) is 4.10. The van der Waals surface area contributed by atoms with Gasteiger partial charge in [-0.25, -0.2) is 0 Å². The molecule has 3 rings (SSSR count). The van der Waals surface area contributed by atoms with Crippen molar-refractivity contribution in [3.63, 3.8) is 0 Å². The minimum absolute atomic E-state index is 0.606. The first kappa shape index (κ1) is 15.1. The first-order valence-electron chi connectivity index (χ1n) is 7.49. The molecule has 0 unspecified atom stereocenters. The van der Waals surface area contributed by atoms with Crippen molar-refractivity contribution in [3.05, 3.63) is 71.7 Å². The lowest BCUT2D eigenvalue weighted by Gasteiger charge is -2.16. The second kappa shape index (κ2) is 5.76. The van der Waals surface area contributed by atoms with Crippen LogP contribution in [0.4, 0.5) is 0 Å². The first-order valence-corrected chi connectivity index (χ1v) is 7.49. The molecule has 1 heterocycles. The minimum Gasteiger partial charge on any atom is -0.618 e. The molecule has 0 radical (unpaired) electrons. The molecule has 3 nitrogen and oxygen atoms in total. The molecule has 0 aliphatic rings. The third-order valence-electron chi connectivity index (χ3n) is 4.10. The maximum atomic E-state index is 12.8. The average molecular weight is 305 g/mol. The molecule has 0 saturated heterocycles. The zero-order valence-corrected chi connectivity index (χ0v) is 13.6. The zero-order valence-electron chi connectivity index (χ0n) is 13.6. The number of pyridine rings is 1. The molecule has 2 aromatic carbocycles. The smallest absolute Gasteiger partial charge is 0.227 e. The molecule has 116 valence electrons. The van der Waals surface area contributed by atoms with Gasteiger partial charge >= 0.3 is 0 Å². The second-order valence-corrected chi connectivity index (χ2v) is 5.66. The predicted octanol–water partition coefficient (Wildman–Crippen LogP) is 4.49. The van der Waals surface area contributed by atoms with Gasteiger partial charge in [-0.1, -0.05) is 36.9 Å². The molecule has 0 spiro atoms. The van der Waals surface area contributed by atoms with Crippen LogP contribution in [0.15, 0.2) is 55.1 Å². The summed E-state index contributed by atoms with van der Waals surface area (Å²) >= 11 is 0. The Hall–Kier alpha value is -2.81. The van der Waals surface area contributed by atoms with E-state index in [0.717, 1.165) is 38.0 Å². The van der Waals surface area contributed by atoms with E-state index in [1.165, 1.54) is 0 Å². The van der Waals surface area contributed by atoms with Crippen molar-refractivity contribution in [2.45, 2.75) is 13.8 Å². The van der Waals surface area contributed by atoms with E-state index in [2.05, 4.69) is 6.58 Å². The maximum absolute atomic E-state index is 12.8. The summed E-state index contributed by atoms with van der Waals surface area (Å²) in [5, 5.41) is 14.7. The molecular weight excluding hydrogens is 286 g/mol. The number of aromatic nitrogens is 1. The number of aryl methyl sites for hydroxylation is 1. The minimum atomic E-state index is 0.606. The van der Waals surface area contributed by atoms with Gasteiger partial charge in [-0.2, -0.15) is 4.73 Å². The Bertz CT molecular complexity index is 899. The lowest BCUT2D eigenvalue weighted by Crippen LogP contribution is -2.35. The summed E-state index contributed by atoms with van der Waals surface area (Å²) in [7, 11) is 1.65. The van der Waals surface area contributed by atoms with E-state index in [9.17, 15) is 5.21 Å². The van der Waals surface area contributed by atoms with E-state index in [1.54, 1.807) is 7.11 Å². The first-order chi connectivity index (χ1) is 11.0. The van der Waals surface area contributed by atoms with Gasteiger partial charge in [0.2, 0.25) is 5.69 Å². The number of allylic oxidation sites excluding steroid dienone is 1. The van der Waals surface area contributed by atoms with Gasteiger partial charge in [0.15, 0.2) is 5.69 Å². The fraction of sp³-hybridized carbons (Fsp3) is 0.150. The van der Waals surface area contributed by atoms with Crippen molar-refractivity contribution in [3.8, 4) is 16.9 Å². The van der Waals surface area contributed by atoms with E-state index >= 15 is 0 Å². The number of benzene rings is 2. The van der Waals surface area contributed by atoms with Gasteiger partial charge in [0.25, 0.3) is 0 Å². The number of rotatable bonds is 3. The summed E-state index contributed by atoms with van der Waals surface area (Å²) in [5.74, 6) is 0.769. The number of fused-ring (bicyclic) bond motifs is 1. The summed E-state index contributed by atoms with van der Waals surface area (Å²) in [6, 6.07) is 15.7. The van der Waals surface area contributed by atoms with Gasteiger partial charge in [0, 0.05) is 17.9 Å². The summed E-state index contributed by atoms with van der Waals surface area (Å²) in [4.78, 5) is 0. The van der Waals surface area contributed by atoms with Crippen LogP contribution in [0.1, 0.15) is 18.3 Å². The Morgan fingerprint density at radius 1 is 1.09 bits per heavy atom. The maximum Gasteiger partial charge on any atom is 0.227 e. The van der Waals surface area contributed by atoms with Crippen LogP contribution in [0.3, 0.4) is 0 Å².